The molecular formula is C16H22N2. The van der Waals surface area contributed by atoms with E-state index in [2.05, 4.69) is 56.1 Å². The van der Waals surface area contributed by atoms with Crippen molar-refractivity contribution in [3.63, 3.8) is 0 Å². The Morgan fingerprint density at radius 1 is 1.33 bits per heavy atom. The molecule has 1 aromatic rings. The molecule has 1 saturated heterocycles. The molecular weight excluding hydrogens is 220 g/mol. The SMILES string of the molecule is CC1CC(CC#N)(c2ccccc2)C(C)CN1C. The maximum atomic E-state index is 9.25. The Morgan fingerprint density at radius 2 is 2.00 bits per heavy atom. The van der Waals surface area contributed by atoms with E-state index in [-0.39, 0.29) is 5.41 Å². The Kier molecular flexibility index (Phi) is 3.73. The smallest absolute Gasteiger partial charge is 0.0631 e. The summed E-state index contributed by atoms with van der Waals surface area (Å²) in [7, 11) is 2.18. The highest BCUT2D eigenvalue weighted by molar-refractivity contribution is 5.29. The Morgan fingerprint density at radius 3 is 2.61 bits per heavy atom. The molecule has 3 unspecified atom stereocenters. The predicted molar refractivity (Wildman–Crippen MR) is 74.2 cm³/mol. The van der Waals surface area contributed by atoms with E-state index in [1.807, 2.05) is 6.07 Å². The van der Waals surface area contributed by atoms with Crippen molar-refractivity contribution >= 4 is 0 Å². The van der Waals surface area contributed by atoms with Gasteiger partial charge in [-0.2, -0.15) is 5.26 Å². The largest absolute Gasteiger partial charge is 0.303 e. The quantitative estimate of drug-likeness (QED) is 0.796. The van der Waals surface area contributed by atoms with E-state index < -0.39 is 0 Å². The topological polar surface area (TPSA) is 27.0 Å². The molecule has 1 heterocycles. The molecule has 0 radical (unpaired) electrons. The third kappa shape index (κ3) is 2.15. The summed E-state index contributed by atoms with van der Waals surface area (Å²) in [6, 6.07) is 13.6. The summed E-state index contributed by atoms with van der Waals surface area (Å²) in [6.07, 6.45) is 1.69. The van der Waals surface area contributed by atoms with Crippen molar-refractivity contribution < 1.29 is 0 Å². The van der Waals surface area contributed by atoms with Gasteiger partial charge >= 0.3 is 0 Å². The standard InChI is InChI=1S/C16H22N2/c1-13-12-18(3)14(2)11-16(13,9-10-17)15-7-5-4-6-8-15/h4-8,13-14H,9,11-12H2,1-3H3. The zero-order chi connectivity index (χ0) is 13.2. The third-order valence-corrected chi connectivity index (χ3v) is 4.66. The van der Waals surface area contributed by atoms with Gasteiger partial charge in [-0.1, -0.05) is 37.3 Å². The molecule has 0 spiro atoms. The minimum atomic E-state index is 0.0297. The molecule has 1 aliphatic heterocycles. The van der Waals surface area contributed by atoms with Gasteiger partial charge in [-0.3, -0.25) is 0 Å². The highest BCUT2D eigenvalue weighted by atomic mass is 15.1. The Balaban J connectivity index is 2.41. The Hall–Kier alpha value is -1.33. The number of piperidine rings is 1. The molecule has 96 valence electrons. The molecule has 18 heavy (non-hydrogen) atoms. The van der Waals surface area contributed by atoms with Crippen LogP contribution in [0.2, 0.25) is 0 Å². The van der Waals surface area contributed by atoms with Gasteiger partial charge in [-0.15, -0.1) is 0 Å². The van der Waals surface area contributed by atoms with E-state index in [9.17, 15) is 5.26 Å². The molecule has 0 saturated carbocycles. The lowest BCUT2D eigenvalue weighted by Crippen LogP contribution is -2.51. The van der Waals surface area contributed by atoms with Crippen LogP contribution in [0.1, 0.15) is 32.3 Å². The van der Waals surface area contributed by atoms with Gasteiger partial charge in [-0.05, 0) is 31.9 Å². The summed E-state index contributed by atoms with van der Waals surface area (Å²) >= 11 is 0. The van der Waals surface area contributed by atoms with Gasteiger partial charge in [0.2, 0.25) is 0 Å². The van der Waals surface area contributed by atoms with E-state index in [0.717, 1.165) is 13.0 Å². The number of nitriles is 1. The van der Waals surface area contributed by atoms with Gasteiger partial charge in [0.1, 0.15) is 0 Å². The number of hydrogen-bond donors (Lipinski definition) is 0. The lowest BCUT2D eigenvalue weighted by atomic mass is 9.63. The van der Waals surface area contributed by atoms with Crippen molar-refractivity contribution in [3.05, 3.63) is 35.9 Å². The molecule has 1 fully saturated rings. The van der Waals surface area contributed by atoms with Crippen LogP contribution in [-0.4, -0.2) is 24.5 Å². The van der Waals surface area contributed by atoms with Gasteiger partial charge in [0.05, 0.1) is 6.07 Å². The van der Waals surface area contributed by atoms with Gasteiger partial charge in [0.15, 0.2) is 0 Å². The summed E-state index contributed by atoms with van der Waals surface area (Å²) in [5, 5.41) is 9.25. The van der Waals surface area contributed by atoms with Crippen molar-refractivity contribution in [1.29, 1.82) is 5.26 Å². The van der Waals surface area contributed by atoms with Crippen LogP contribution >= 0.6 is 0 Å². The molecule has 0 amide bonds. The monoisotopic (exact) mass is 242 g/mol. The average molecular weight is 242 g/mol. The molecule has 3 atom stereocenters. The Labute approximate surface area is 110 Å². The normalized spacial score (nSPS) is 33.0. The molecule has 1 aliphatic rings. The summed E-state index contributed by atoms with van der Waals surface area (Å²) in [4.78, 5) is 2.41. The fraction of sp³-hybridized carbons (Fsp3) is 0.562. The van der Waals surface area contributed by atoms with Gasteiger partial charge in [-0.25, -0.2) is 0 Å². The van der Waals surface area contributed by atoms with E-state index in [1.54, 1.807) is 0 Å². The van der Waals surface area contributed by atoms with E-state index in [1.165, 1.54) is 5.56 Å². The second kappa shape index (κ2) is 5.12. The van der Waals surface area contributed by atoms with Crippen molar-refractivity contribution in [2.75, 3.05) is 13.6 Å². The number of nitrogens with zero attached hydrogens (tertiary/aromatic N) is 2. The summed E-state index contributed by atoms with van der Waals surface area (Å²) in [6.45, 7) is 5.62. The second-order valence-electron chi connectivity index (χ2n) is 5.75. The number of benzene rings is 1. The van der Waals surface area contributed by atoms with Crippen LogP contribution in [0.4, 0.5) is 0 Å². The van der Waals surface area contributed by atoms with E-state index >= 15 is 0 Å². The average Bonchev–Trinajstić information content (AvgIpc) is 2.37. The first-order valence-electron chi connectivity index (χ1n) is 6.73. The first-order chi connectivity index (χ1) is 8.60. The van der Waals surface area contributed by atoms with Crippen LogP contribution in [0.25, 0.3) is 0 Å². The fourth-order valence-corrected chi connectivity index (χ4v) is 3.33. The third-order valence-electron chi connectivity index (χ3n) is 4.66. The second-order valence-corrected chi connectivity index (χ2v) is 5.75. The molecule has 0 bridgehead atoms. The lowest BCUT2D eigenvalue weighted by molar-refractivity contribution is 0.0770. The van der Waals surface area contributed by atoms with Crippen LogP contribution in [0, 0.1) is 17.2 Å². The van der Waals surface area contributed by atoms with Crippen LogP contribution in [0.15, 0.2) is 30.3 Å². The predicted octanol–water partition coefficient (Wildman–Crippen LogP) is 3.20. The highest BCUT2D eigenvalue weighted by Crippen LogP contribution is 2.44. The number of rotatable bonds is 2. The van der Waals surface area contributed by atoms with Crippen LogP contribution in [0.5, 0.6) is 0 Å². The maximum absolute atomic E-state index is 9.25. The van der Waals surface area contributed by atoms with Crippen molar-refractivity contribution in [2.24, 2.45) is 5.92 Å². The molecule has 1 aromatic carbocycles. The minimum Gasteiger partial charge on any atom is -0.303 e. The fourth-order valence-electron chi connectivity index (χ4n) is 3.33. The first kappa shape index (κ1) is 13.1. The number of hydrogen-bond acceptors (Lipinski definition) is 2. The lowest BCUT2D eigenvalue weighted by Gasteiger charge is -2.48. The Bertz CT molecular complexity index is 434. The molecule has 2 rings (SSSR count). The molecule has 0 aliphatic carbocycles. The molecule has 0 aromatic heterocycles. The zero-order valence-electron chi connectivity index (χ0n) is 11.6. The summed E-state index contributed by atoms with van der Waals surface area (Å²) in [5.41, 5.74) is 1.36. The molecule has 2 nitrogen and oxygen atoms in total. The summed E-state index contributed by atoms with van der Waals surface area (Å²) < 4.78 is 0. The first-order valence-corrected chi connectivity index (χ1v) is 6.73. The highest BCUT2D eigenvalue weighted by Gasteiger charge is 2.43. The van der Waals surface area contributed by atoms with Crippen molar-refractivity contribution in [3.8, 4) is 6.07 Å². The van der Waals surface area contributed by atoms with E-state index in [4.69, 9.17) is 0 Å². The zero-order valence-corrected chi connectivity index (χ0v) is 11.6. The summed E-state index contributed by atoms with van der Waals surface area (Å²) in [5.74, 6) is 0.515. The van der Waals surface area contributed by atoms with Gasteiger partial charge in [0.25, 0.3) is 0 Å². The van der Waals surface area contributed by atoms with Crippen LogP contribution in [0.3, 0.4) is 0 Å². The maximum Gasteiger partial charge on any atom is 0.0631 e. The van der Waals surface area contributed by atoms with Crippen molar-refractivity contribution in [1.82, 2.24) is 4.90 Å². The molecule has 0 N–H and O–H groups in total. The number of likely N-dealkylation sites (tertiary alicyclic amines) is 1. The van der Waals surface area contributed by atoms with Crippen molar-refractivity contribution in [2.45, 2.75) is 38.1 Å². The van der Waals surface area contributed by atoms with E-state index in [0.29, 0.717) is 18.4 Å². The van der Waals surface area contributed by atoms with Crippen LogP contribution < -0.4 is 0 Å². The molecule has 2 heteroatoms. The van der Waals surface area contributed by atoms with Gasteiger partial charge in [0, 0.05) is 24.4 Å². The van der Waals surface area contributed by atoms with Gasteiger partial charge < -0.3 is 4.90 Å². The van der Waals surface area contributed by atoms with Crippen LogP contribution in [-0.2, 0) is 5.41 Å². The minimum absolute atomic E-state index is 0.0297.